The van der Waals surface area contributed by atoms with E-state index in [1.54, 1.807) is 0 Å². The van der Waals surface area contributed by atoms with Crippen LogP contribution in [-0.4, -0.2) is 25.3 Å². The van der Waals surface area contributed by atoms with Crippen LogP contribution in [0.2, 0.25) is 0 Å². The normalized spacial score (nSPS) is 12.0. The minimum absolute atomic E-state index is 0.103. The van der Waals surface area contributed by atoms with Crippen LogP contribution in [0.1, 0.15) is 20.3 Å². The number of hydrogen-bond donors (Lipinski definition) is 2. The molecule has 0 unspecified atom stereocenters. The van der Waals surface area contributed by atoms with Gasteiger partial charge in [-0.15, -0.1) is 0 Å². The van der Waals surface area contributed by atoms with Crippen LogP contribution in [0.5, 0.6) is 0 Å². The second-order valence-corrected chi connectivity index (χ2v) is 2.94. The maximum Gasteiger partial charge on any atom is 0.0639 e. The van der Waals surface area contributed by atoms with Gasteiger partial charge in [-0.05, 0) is 26.8 Å². The standard InChI is InChI=1S/C7H18N2O/c1-7(2,3-4-8)10-6-5-9/h3-6,8-9H2,1-2H3. The van der Waals surface area contributed by atoms with Crippen molar-refractivity contribution in [1.82, 2.24) is 0 Å². The molecular formula is C7H18N2O. The van der Waals surface area contributed by atoms with Crippen molar-refractivity contribution in [2.45, 2.75) is 25.9 Å². The second-order valence-electron chi connectivity index (χ2n) is 2.94. The first-order chi connectivity index (χ1) is 4.62. The highest BCUT2D eigenvalue weighted by Gasteiger charge is 2.15. The molecule has 3 nitrogen and oxygen atoms in total. The average Bonchev–Trinajstić information content (AvgIpc) is 1.84. The van der Waals surface area contributed by atoms with Crippen LogP contribution in [0, 0.1) is 0 Å². The van der Waals surface area contributed by atoms with Crippen molar-refractivity contribution in [3.8, 4) is 0 Å². The molecule has 0 rings (SSSR count). The van der Waals surface area contributed by atoms with Crippen LogP contribution in [0.15, 0.2) is 0 Å². The summed E-state index contributed by atoms with van der Waals surface area (Å²) in [6.45, 7) is 5.91. The van der Waals surface area contributed by atoms with Gasteiger partial charge in [-0.25, -0.2) is 0 Å². The SMILES string of the molecule is CC(C)(CCN)OCCN. The monoisotopic (exact) mass is 146 g/mol. The molecule has 0 atom stereocenters. The number of ether oxygens (including phenoxy) is 1. The molecule has 10 heavy (non-hydrogen) atoms. The predicted molar refractivity (Wildman–Crippen MR) is 42.8 cm³/mol. The molecule has 0 heterocycles. The van der Waals surface area contributed by atoms with Gasteiger partial charge in [0.1, 0.15) is 0 Å². The van der Waals surface area contributed by atoms with Crippen LogP contribution in [0.4, 0.5) is 0 Å². The maximum absolute atomic E-state index is 5.41. The van der Waals surface area contributed by atoms with E-state index < -0.39 is 0 Å². The molecule has 0 aliphatic heterocycles. The predicted octanol–water partition coefficient (Wildman–Crippen LogP) is 0.0891. The summed E-state index contributed by atoms with van der Waals surface area (Å²) >= 11 is 0. The summed E-state index contributed by atoms with van der Waals surface area (Å²) in [6, 6.07) is 0. The number of rotatable bonds is 5. The molecular weight excluding hydrogens is 128 g/mol. The Bertz CT molecular complexity index is 83.7. The summed E-state index contributed by atoms with van der Waals surface area (Å²) in [5, 5.41) is 0. The minimum Gasteiger partial charge on any atom is -0.374 e. The minimum atomic E-state index is -0.103. The van der Waals surface area contributed by atoms with Crippen molar-refractivity contribution in [3.63, 3.8) is 0 Å². The van der Waals surface area contributed by atoms with Crippen molar-refractivity contribution in [1.29, 1.82) is 0 Å². The molecule has 0 fully saturated rings. The van der Waals surface area contributed by atoms with Gasteiger partial charge in [0.05, 0.1) is 12.2 Å². The molecule has 0 radical (unpaired) electrons. The molecule has 0 saturated carbocycles. The molecule has 0 aromatic rings. The van der Waals surface area contributed by atoms with Gasteiger partial charge in [0.15, 0.2) is 0 Å². The summed E-state index contributed by atoms with van der Waals surface area (Å²) < 4.78 is 5.41. The molecule has 0 aliphatic rings. The van der Waals surface area contributed by atoms with Crippen LogP contribution < -0.4 is 11.5 Å². The molecule has 0 saturated heterocycles. The molecule has 0 spiro atoms. The van der Waals surface area contributed by atoms with E-state index in [1.165, 1.54) is 0 Å². The summed E-state index contributed by atoms with van der Waals surface area (Å²) in [6.07, 6.45) is 0.882. The first kappa shape index (κ1) is 9.88. The molecule has 0 aliphatic carbocycles. The fraction of sp³-hybridized carbons (Fsp3) is 1.00. The first-order valence-electron chi connectivity index (χ1n) is 3.66. The highest BCUT2D eigenvalue weighted by Crippen LogP contribution is 2.11. The van der Waals surface area contributed by atoms with E-state index in [0.717, 1.165) is 6.42 Å². The molecule has 62 valence electrons. The van der Waals surface area contributed by atoms with E-state index in [9.17, 15) is 0 Å². The third-order valence-corrected chi connectivity index (χ3v) is 1.36. The van der Waals surface area contributed by atoms with Gasteiger partial charge in [-0.1, -0.05) is 0 Å². The topological polar surface area (TPSA) is 61.3 Å². The lowest BCUT2D eigenvalue weighted by molar-refractivity contribution is -0.0171. The number of nitrogens with two attached hydrogens (primary N) is 2. The van der Waals surface area contributed by atoms with Gasteiger partial charge in [0, 0.05) is 6.54 Å². The van der Waals surface area contributed by atoms with Gasteiger partial charge < -0.3 is 16.2 Å². The summed E-state index contributed by atoms with van der Waals surface area (Å²) in [5.41, 5.74) is 10.5. The lowest BCUT2D eigenvalue weighted by Crippen LogP contribution is -2.30. The van der Waals surface area contributed by atoms with Crippen LogP contribution >= 0.6 is 0 Å². The smallest absolute Gasteiger partial charge is 0.0639 e. The first-order valence-corrected chi connectivity index (χ1v) is 3.66. The third kappa shape index (κ3) is 4.73. The summed E-state index contributed by atoms with van der Waals surface area (Å²) in [5.74, 6) is 0. The van der Waals surface area contributed by atoms with E-state index >= 15 is 0 Å². The third-order valence-electron chi connectivity index (χ3n) is 1.36. The van der Waals surface area contributed by atoms with Crippen molar-refractivity contribution >= 4 is 0 Å². The summed E-state index contributed by atoms with van der Waals surface area (Å²) in [7, 11) is 0. The van der Waals surface area contributed by atoms with Gasteiger partial charge in [0.25, 0.3) is 0 Å². The Kier molecular flexibility index (Phi) is 4.60. The lowest BCUT2D eigenvalue weighted by Gasteiger charge is -2.24. The Hall–Kier alpha value is -0.120. The van der Waals surface area contributed by atoms with E-state index in [2.05, 4.69) is 0 Å². The Morgan fingerprint density at radius 1 is 1.20 bits per heavy atom. The van der Waals surface area contributed by atoms with Gasteiger partial charge in [-0.3, -0.25) is 0 Å². The van der Waals surface area contributed by atoms with Crippen molar-refractivity contribution in [3.05, 3.63) is 0 Å². The summed E-state index contributed by atoms with van der Waals surface area (Å²) in [4.78, 5) is 0. The Morgan fingerprint density at radius 2 is 1.80 bits per heavy atom. The van der Waals surface area contributed by atoms with Crippen LogP contribution in [0.25, 0.3) is 0 Å². The van der Waals surface area contributed by atoms with Gasteiger partial charge in [0.2, 0.25) is 0 Å². The van der Waals surface area contributed by atoms with E-state index in [-0.39, 0.29) is 5.60 Å². The highest BCUT2D eigenvalue weighted by atomic mass is 16.5. The van der Waals surface area contributed by atoms with Crippen molar-refractivity contribution in [2.24, 2.45) is 11.5 Å². The maximum atomic E-state index is 5.41. The van der Waals surface area contributed by atoms with E-state index in [1.807, 2.05) is 13.8 Å². The van der Waals surface area contributed by atoms with Gasteiger partial charge >= 0.3 is 0 Å². The molecule has 0 bridgehead atoms. The van der Waals surface area contributed by atoms with Crippen LogP contribution in [-0.2, 0) is 4.74 Å². The zero-order chi connectivity index (χ0) is 8.04. The number of hydrogen-bond acceptors (Lipinski definition) is 3. The Morgan fingerprint density at radius 3 is 2.20 bits per heavy atom. The largest absolute Gasteiger partial charge is 0.374 e. The van der Waals surface area contributed by atoms with Gasteiger partial charge in [-0.2, -0.15) is 0 Å². The second kappa shape index (κ2) is 4.66. The molecule has 3 heteroatoms. The molecule has 4 N–H and O–H groups in total. The molecule has 0 aromatic carbocycles. The van der Waals surface area contributed by atoms with Crippen molar-refractivity contribution < 1.29 is 4.74 Å². The van der Waals surface area contributed by atoms with Crippen molar-refractivity contribution in [2.75, 3.05) is 19.7 Å². The highest BCUT2D eigenvalue weighted by molar-refractivity contribution is 4.68. The van der Waals surface area contributed by atoms with Crippen LogP contribution in [0.3, 0.4) is 0 Å². The Balaban J connectivity index is 3.42. The van der Waals surface area contributed by atoms with E-state index in [0.29, 0.717) is 19.7 Å². The fourth-order valence-electron chi connectivity index (χ4n) is 0.755. The Labute approximate surface area is 62.7 Å². The molecule has 0 amide bonds. The average molecular weight is 146 g/mol. The zero-order valence-corrected chi connectivity index (χ0v) is 6.89. The quantitative estimate of drug-likeness (QED) is 0.578. The van der Waals surface area contributed by atoms with E-state index in [4.69, 9.17) is 16.2 Å². The molecule has 0 aromatic heterocycles. The zero-order valence-electron chi connectivity index (χ0n) is 6.89. The lowest BCUT2D eigenvalue weighted by atomic mass is 10.1. The fourth-order valence-corrected chi connectivity index (χ4v) is 0.755.